The molecule has 0 aliphatic rings. The first-order valence-electron chi connectivity index (χ1n) is 9.93. The minimum absolute atomic E-state index is 0.188. The number of benzene rings is 2. The summed E-state index contributed by atoms with van der Waals surface area (Å²) in [5.74, 6) is 1.24. The Morgan fingerprint density at radius 2 is 1.87 bits per heavy atom. The highest BCUT2D eigenvalue weighted by atomic mass is 32.1. The smallest absolute Gasteiger partial charge is 0.277 e. The Labute approximate surface area is 183 Å². The lowest BCUT2D eigenvalue weighted by Crippen LogP contribution is -2.27. The van der Waals surface area contributed by atoms with Crippen LogP contribution in [0.4, 0.5) is 0 Å². The van der Waals surface area contributed by atoms with Crippen molar-refractivity contribution in [3.8, 4) is 11.5 Å². The molecule has 4 rings (SSSR count). The van der Waals surface area contributed by atoms with Crippen molar-refractivity contribution in [3.05, 3.63) is 96.2 Å². The van der Waals surface area contributed by atoms with Gasteiger partial charge in [-0.2, -0.15) is 4.98 Å². The third-order valence-corrected chi connectivity index (χ3v) is 6.01. The molecule has 6 nitrogen and oxygen atoms in total. The number of ether oxygens (including phenoxy) is 2. The monoisotopic (exact) mass is 434 g/mol. The molecule has 0 fully saturated rings. The van der Waals surface area contributed by atoms with E-state index >= 15 is 0 Å². The van der Waals surface area contributed by atoms with Crippen molar-refractivity contribution in [2.24, 2.45) is 0 Å². The van der Waals surface area contributed by atoms with Crippen LogP contribution in [0.5, 0.6) is 11.5 Å². The molecule has 2 heterocycles. The van der Waals surface area contributed by atoms with Crippen LogP contribution in [-0.2, 0) is 6.42 Å². The van der Waals surface area contributed by atoms with Gasteiger partial charge in [0.15, 0.2) is 11.5 Å². The van der Waals surface area contributed by atoms with Gasteiger partial charge in [-0.25, -0.2) is 0 Å². The summed E-state index contributed by atoms with van der Waals surface area (Å²) in [5, 5.41) is 0. The van der Waals surface area contributed by atoms with Crippen LogP contribution in [0.15, 0.2) is 58.1 Å². The Balaban J connectivity index is 1.82. The van der Waals surface area contributed by atoms with Crippen molar-refractivity contribution in [1.29, 1.82) is 0 Å². The Morgan fingerprint density at radius 3 is 2.58 bits per heavy atom. The Hall–Kier alpha value is -3.45. The molecule has 4 aromatic rings. The summed E-state index contributed by atoms with van der Waals surface area (Å²) in [6.07, 6.45) is 2.21. The number of hydrogen-bond donors (Lipinski definition) is 0. The Kier molecular flexibility index (Phi) is 5.86. The van der Waals surface area contributed by atoms with Crippen LogP contribution in [-0.4, -0.2) is 23.1 Å². The zero-order valence-corrected chi connectivity index (χ0v) is 18.4. The third-order valence-electron chi connectivity index (χ3n) is 5.04. The van der Waals surface area contributed by atoms with Crippen LogP contribution in [0, 0.1) is 6.92 Å². The highest BCUT2D eigenvalue weighted by Gasteiger charge is 2.15. The maximum absolute atomic E-state index is 13.1. The van der Waals surface area contributed by atoms with Gasteiger partial charge < -0.3 is 9.47 Å². The first kappa shape index (κ1) is 20.8. The number of rotatable bonds is 6. The normalized spacial score (nSPS) is 11.8. The number of aromatic nitrogens is 2. The second-order valence-electron chi connectivity index (χ2n) is 7.02. The lowest BCUT2D eigenvalue weighted by Gasteiger charge is -2.09. The fourth-order valence-corrected chi connectivity index (χ4v) is 4.50. The Morgan fingerprint density at radius 1 is 1.10 bits per heavy atom. The van der Waals surface area contributed by atoms with Crippen molar-refractivity contribution in [2.75, 3.05) is 13.7 Å². The van der Waals surface area contributed by atoms with Crippen molar-refractivity contribution < 1.29 is 9.47 Å². The fourth-order valence-electron chi connectivity index (χ4n) is 3.49. The zero-order valence-electron chi connectivity index (χ0n) is 17.5. The zero-order chi connectivity index (χ0) is 22.0. The SMILES string of the molecule is CCOc1ccc(C=c2sc3nc(=O)c(Cc4ccccc4)c(C)n3c2=O)cc1OC. The molecule has 0 atom stereocenters. The van der Waals surface area contributed by atoms with E-state index in [-0.39, 0.29) is 11.1 Å². The van der Waals surface area contributed by atoms with Crippen LogP contribution in [0.1, 0.15) is 29.3 Å². The molecule has 0 radical (unpaired) electrons. The molecule has 2 aromatic heterocycles. The van der Waals surface area contributed by atoms with E-state index in [4.69, 9.17) is 9.47 Å². The summed E-state index contributed by atoms with van der Waals surface area (Å²) >= 11 is 1.20. The maximum Gasteiger partial charge on any atom is 0.277 e. The van der Waals surface area contributed by atoms with Crippen LogP contribution < -0.4 is 25.1 Å². The van der Waals surface area contributed by atoms with Gasteiger partial charge in [-0.05, 0) is 43.2 Å². The van der Waals surface area contributed by atoms with Crippen molar-refractivity contribution in [1.82, 2.24) is 9.38 Å². The van der Waals surface area contributed by atoms with Gasteiger partial charge in [-0.1, -0.05) is 47.7 Å². The number of thiazole rings is 1. The summed E-state index contributed by atoms with van der Waals surface area (Å²) in [4.78, 5) is 30.4. The van der Waals surface area contributed by atoms with E-state index in [0.717, 1.165) is 11.1 Å². The third kappa shape index (κ3) is 4.09. The van der Waals surface area contributed by atoms with Gasteiger partial charge in [-0.3, -0.25) is 14.0 Å². The topological polar surface area (TPSA) is 69.9 Å². The summed E-state index contributed by atoms with van der Waals surface area (Å²) in [6, 6.07) is 15.2. The summed E-state index contributed by atoms with van der Waals surface area (Å²) in [6.45, 7) is 4.24. The number of aryl methyl sites for hydroxylation is 1. The molecule has 31 heavy (non-hydrogen) atoms. The van der Waals surface area contributed by atoms with Gasteiger partial charge in [-0.15, -0.1) is 0 Å². The molecule has 0 saturated carbocycles. The minimum Gasteiger partial charge on any atom is -0.493 e. The molecule has 0 bridgehead atoms. The molecular formula is C24H22N2O4S. The van der Waals surface area contributed by atoms with E-state index in [1.54, 1.807) is 20.1 Å². The van der Waals surface area contributed by atoms with Crippen LogP contribution in [0.3, 0.4) is 0 Å². The standard InChI is InChI=1S/C24H22N2O4S/c1-4-30-19-11-10-17(13-20(19)29-3)14-21-23(28)26-15(2)18(22(27)25-24(26)31-21)12-16-8-6-5-7-9-16/h5-11,13-14H,4,12H2,1-3H3. The summed E-state index contributed by atoms with van der Waals surface area (Å²) in [5.41, 5.74) is 2.48. The predicted octanol–water partition coefficient (Wildman–Crippen LogP) is 2.97. The molecule has 0 unspecified atom stereocenters. The number of hydrogen-bond acceptors (Lipinski definition) is 6. The molecule has 158 valence electrons. The molecule has 0 saturated heterocycles. The van der Waals surface area contributed by atoms with Crippen LogP contribution in [0.2, 0.25) is 0 Å². The average Bonchev–Trinajstić information content (AvgIpc) is 3.08. The van der Waals surface area contributed by atoms with E-state index in [1.807, 2.05) is 55.5 Å². The minimum atomic E-state index is -0.295. The maximum atomic E-state index is 13.1. The molecule has 2 aromatic carbocycles. The Bertz CT molecular complexity index is 1410. The highest BCUT2D eigenvalue weighted by molar-refractivity contribution is 7.15. The van der Waals surface area contributed by atoms with Gasteiger partial charge in [0.25, 0.3) is 11.1 Å². The van der Waals surface area contributed by atoms with Gasteiger partial charge in [0, 0.05) is 17.7 Å². The van der Waals surface area contributed by atoms with E-state index < -0.39 is 0 Å². The van der Waals surface area contributed by atoms with Crippen molar-refractivity contribution in [2.45, 2.75) is 20.3 Å². The second-order valence-corrected chi connectivity index (χ2v) is 8.03. The predicted molar refractivity (Wildman–Crippen MR) is 123 cm³/mol. The van der Waals surface area contributed by atoms with Gasteiger partial charge in [0.05, 0.1) is 18.2 Å². The van der Waals surface area contributed by atoms with Crippen LogP contribution >= 0.6 is 11.3 Å². The molecule has 7 heteroatoms. The van der Waals surface area contributed by atoms with Crippen molar-refractivity contribution >= 4 is 22.4 Å². The van der Waals surface area contributed by atoms with Gasteiger partial charge in [0.2, 0.25) is 4.96 Å². The lowest BCUT2D eigenvalue weighted by atomic mass is 10.1. The highest BCUT2D eigenvalue weighted by Crippen LogP contribution is 2.28. The van der Waals surface area contributed by atoms with Gasteiger partial charge in [0.1, 0.15) is 0 Å². The second kappa shape index (κ2) is 8.73. The van der Waals surface area contributed by atoms with E-state index in [1.165, 1.54) is 15.7 Å². The summed E-state index contributed by atoms with van der Waals surface area (Å²) < 4.78 is 13.0. The summed E-state index contributed by atoms with van der Waals surface area (Å²) in [7, 11) is 1.58. The number of nitrogens with zero attached hydrogens (tertiary/aromatic N) is 2. The van der Waals surface area contributed by atoms with Crippen molar-refractivity contribution in [3.63, 3.8) is 0 Å². The largest absolute Gasteiger partial charge is 0.493 e. The van der Waals surface area contributed by atoms with E-state index in [2.05, 4.69) is 4.98 Å². The molecule has 0 spiro atoms. The lowest BCUT2D eigenvalue weighted by molar-refractivity contribution is 0.311. The van der Waals surface area contributed by atoms with Crippen LogP contribution in [0.25, 0.3) is 11.0 Å². The first-order valence-corrected chi connectivity index (χ1v) is 10.7. The van der Waals surface area contributed by atoms with E-state index in [0.29, 0.717) is 45.3 Å². The van der Waals surface area contributed by atoms with E-state index in [9.17, 15) is 9.59 Å². The quantitative estimate of drug-likeness (QED) is 0.467. The fraction of sp³-hybridized carbons (Fsp3) is 0.208. The first-order chi connectivity index (χ1) is 15.0. The average molecular weight is 435 g/mol. The number of fused-ring (bicyclic) bond motifs is 1. The molecular weight excluding hydrogens is 412 g/mol. The molecule has 0 aliphatic heterocycles. The van der Waals surface area contributed by atoms with Gasteiger partial charge >= 0.3 is 0 Å². The molecule has 0 N–H and O–H groups in total. The molecule has 0 amide bonds. The molecule has 0 aliphatic carbocycles. The number of methoxy groups -OCH3 is 1.